The molecule has 1 aliphatic heterocycles. The molecule has 0 bridgehead atoms. The molecule has 0 spiro atoms. The van der Waals surface area contributed by atoms with Crippen molar-refractivity contribution in [1.82, 2.24) is 5.32 Å². The fourth-order valence-corrected chi connectivity index (χ4v) is 2.29. The van der Waals surface area contributed by atoms with Gasteiger partial charge in [0.2, 0.25) is 0 Å². The molecule has 0 aromatic rings. The van der Waals surface area contributed by atoms with Crippen LogP contribution in [0.25, 0.3) is 0 Å². The standard InChI is InChI=1S/C11H22N2S/c1-3-14-9-10(2)13-11-7-5-4-6-8-12-11/h10H,3-9H2,1-2H3,(H,12,13). The summed E-state index contributed by atoms with van der Waals surface area (Å²) in [6.07, 6.45) is 5.07. The molecule has 1 atom stereocenters. The molecule has 0 fully saturated rings. The van der Waals surface area contributed by atoms with Gasteiger partial charge in [-0.3, -0.25) is 4.99 Å². The fraction of sp³-hybridized carbons (Fsp3) is 0.909. The molecule has 0 aromatic heterocycles. The minimum Gasteiger partial charge on any atom is -0.371 e. The average Bonchev–Trinajstić information content (AvgIpc) is 2.43. The van der Waals surface area contributed by atoms with Crippen LogP contribution in [0.15, 0.2) is 4.99 Å². The van der Waals surface area contributed by atoms with Crippen LogP contribution in [-0.2, 0) is 0 Å². The second-order valence-electron chi connectivity index (χ2n) is 3.84. The lowest BCUT2D eigenvalue weighted by Crippen LogP contribution is -2.34. The Morgan fingerprint density at radius 1 is 1.43 bits per heavy atom. The lowest BCUT2D eigenvalue weighted by atomic mass is 10.2. The summed E-state index contributed by atoms with van der Waals surface area (Å²) >= 11 is 1.99. The summed E-state index contributed by atoms with van der Waals surface area (Å²) in [6, 6.07) is 0.566. The van der Waals surface area contributed by atoms with E-state index in [0.717, 1.165) is 13.0 Å². The summed E-state index contributed by atoms with van der Waals surface area (Å²) in [6.45, 7) is 5.48. The SMILES string of the molecule is CCSCC(C)NC1=NCCCCC1. The molecular weight excluding hydrogens is 192 g/mol. The van der Waals surface area contributed by atoms with E-state index in [9.17, 15) is 0 Å². The largest absolute Gasteiger partial charge is 0.371 e. The molecule has 0 aliphatic carbocycles. The first-order valence-electron chi connectivity index (χ1n) is 5.70. The lowest BCUT2D eigenvalue weighted by Gasteiger charge is -2.15. The van der Waals surface area contributed by atoms with E-state index in [1.165, 1.54) is 36.6 Å². The Balaban J connectivity index is 2.23. The maximum Gasteiger partial charge on any atom is 0.0965 e. The number of hydrogen-bond acceptors (Lipinski definition) is 3. The van der Waals surface area contributed by atoms with Crippen LogP contribution in [0.1, 0.15) is 39.5 Å². The van der Waals surface area contributed by atoms with Crippen LogP contribution in [-0.4, -0.2) is 29.9 Å². The van der Waals surface area contributed by atoms with Crippen molar-refractivity contribution in [3.8, 4) is 0 Å². The smallest absolute Gasteiger partial charge is 0.0965 e. The monoisotopic (exact) mass is 214 g/mol. The highest BCUT2D eigenvalue weighted by atomic mass is 32.2. The third kappa shape index (κ3) is 4.89. The summed E-state index contributed by atoms with van der Waals surface area (Å²) in [5.41, 5.74) is 0. The zero-order valence-corrected chi connectivity index (χ0v) is 10.2. The van der Waals surface area contributed by atoms with Crippen molar-refractivity contribution in [3.05, 3.63) is 0 Å². The van der Waals surface area contributed by atoms with Crippen LogP contribution in [0, 0.1) is 0 Å². The van der Waals surface area contributed by atoms with Gasteiger partial charge in [-0.1, -0.05) is 13.3 Å². The molecule has 0 radical (unpaired) electrons. The molecule has 2 nitrogen and oxygen atoms in total. The van der Waals surface area contributed by atoms with Crippen LogP contribution in [0.2, 0.25) is 0 Å². The molecule has 1 rings (SSSR count). The van der Waals surface area contributed by atoms with Gasteiger partial charge in [0.25, 0.3) is 0 Å². The van der Waals surface area contributed by atoms with Gasteiger partial charge >= 0.3 is 0 Å². The van der Waals surface area contributed by atoms with Crippen LogP contribution in [0.3, 0.4) is 0 Å². The number of amidine groups is 1. The van der Waals surface area contributed by atoms with Gasteiger partial charge in [0.05, 0.1) is 5.84 Å². The lowest BCUT2D eigenvalue weighted by molar-refractivity contribution is 0.710. The first-order chi connectivity index (χ1) is 6.83. The summed E-state index contributed by atoms with van der Waals surface area (Å²) in [4.78, 5) is 4.57. The van der Waals surface area contributed by atoms with E-state index < -0.39 is 0 Å². The van der Waals surface area contributed by atoms with Crippen molar-refractivity contribution in [2.24, 2.45) is 4.99 Å². The van der Waals surface area contributed by atoms with Crippen molar-refractivity contribution < 1.29 is 0 Å². The summed E-state index contributed by atoms with van der Waals surface area (Å²) in [5.74, 6) is 3.64. The zero-order chi connectivity index (χ0) is 10.2. The molecule has 0 amide bonds. The van der Waals surface area contributed by atoms with Gasteiger partial charge in [-0.05, 0) is 25.5 Å². The summed E-state index contributed by atoms with van der Waals surface area (Å²) < 4.78 is 0. The number of nitrogens with zero attached hydrogens (tertiary/aromatic N) is 1. The van der Waals surface area contributed by atoms with E-state index in [4.69, 9.17) is 0 Å². The highest BCUT2D eigenvalue weighted by molar-refractivity contribution is 7.99. The van der Waals surface area contributed by atoms with E-state index in [2.05, 4.69) is 24.2 Å². The molecule has 14 heavy (non-hydrogen) atoms. The van der Waals surface area contributed by atoms with Gasteiger partial charge in [-0.25, -0.2) is 0 Å². The zero-order valence-electron chi connectivity index (χ0n) is 9.38. The summed E-state index contributed by atoms with van der Waals surface area (Å²) in [7, 11) is 0. The van der Waals surface area contributed by atoms with Gasteiger partial charge in [0.1, 0.15) is 0 Å². The minimum absolute atomic E-state index is 0.566. The Morgan fingerprint density at radius 3 is 3.07 bits per heavy atom. The molecule has 0 saturated heterocycles. The van der Waals surface area contributed by atoms with Crippen molar-refractivity contribution in [2.45, 2.75) is 45.6 Å². The Kier molecular flexibility index (Phi) is 6.08. The van der Waals surface area contributed by atoms with Gasteiger partial charge < -0.3 is 5.32 Å². The maximum atomic E-state index is 4.57. The van der Waals surface area contributed by atoms with Gasteiger partial charge in [0.15, 0.2) is 0 Å². The predicted molar refractivity (Wildman–Crippen MR) is 66.4 cm³/mol. The van der Waals surface area contributed by atoms with Crippen molar-refractivity contribution in [2.75, 3.05) is 18.1 Å². The second kappa shape index (κ2) is 7.16. The molecule has 1 heterocycles. The Morgan fingerprint density at radius 2 is 2.29 bits per heavy atom. The highest BCUT2D eigenvalue weighted by Gasteiger charge is 2.07. The van der Waals surface area contributed by atoms with Crippen molar-refractivity contribution >= 4 is 17.6 Å². The number of nitrogens with one attached hydrogen (secondary N) is 1. The molecule has 82 valence electrons. The number of hydrogen-bond donors (Lipinski definition) is 1. The third-order valence-electron chi connectivity index (χ3n) is 2.36. The van der Waals surface area contributed by atoms with Crippen LogP contribution in [0.4, 0.5) is 0 Å². The van der Waals surface area contributed by atoms with Gasteiger partial charge in [-0.2, -0.15) is 11.8 Å². The fourth-order valence-electron chi connectivity index (χ4n) is 1.61. The number of aliphatic imine (C=N–C) groups is 1. The first kappa shape index (κ1) is 11.9. The normalized spacial score (nSPS) is 19.7. The van der Waals surface area contributed by atoms with Gasteiger partial charge in [-0.15, -0.1) is 0 Å². The first-order valence-corrected chi connectivity index (χ1v) is 6.86. The topological polar surface area (TPSA) is 24.4 Å². The van der Waals surface area contributed by atoms with E-state index in [1.54, 1.807) is 0 Å². The van der Waals surface area contributed by atoms with Crippen LogP contribution < -0.4 is 5.32 Å². The van der Waals surface area contributed by atoms with Crippen molar-refractivity contribution in [3.63, 3.8) is 0 Å². The molecular formula is C11H22N2S. The van der Waals surface area contributed by atoms with Crippen molar-refractivity contribution in [1.29, 1.82) is 0 Å². The van der Waals surface area contributed by atoms with Gasteiger partial charge in [0, 0.05) is 24.8 Å². The van der Waals surface area contributed by atoms with E-state index in [-0.39, 0.29) is 0 Å². The van der Waals surface area contributed by atoms with E-state index >= 15 is 0 Å². The molecule has 1 unspecified atom stereocenters. The molecule has 0 saturated carbocycles. The second-order valence-corrected chi connectivity index (χ2v) is 5.16. The van der Waals surface area contributed by atoms with Crippen LogP contribution in [0.5, 0.6) is 0 Å². The third-order valence-corrected chi connectivity index (χ3v) is 3.50. The van der Waals surface area contributed by atoms with E-state index in [0.29, 0.717) is 6.04 Å². The Bertz CT molecular complexity index is 180. The number of thioether (sulfide) groups is 1. The molecule has 3 heteroatoms. The molecule has 1 N–H and O–H groups in total. The van der Waals surface area contributed by atoms with E-state index in [1.807, 2.05) is 11.8 Å². The quantitative estimate of drug-likeness (QED) is 0.778. The van der Waals surface area contributed by atoms with Crippen LogP contribution >= 0.6 is 11.8 Å². The Labute approximate surface area is 92.0 Å². The molecule has 1 aliphatic rings. The number of rotatable bonds is 4. The Hall–Kier alpha value is -0.180. The maximum absolute atomic E-state index is 4.57. The molecule has 0 aromatic carbocycles. The summed E-state index contributed by atoms with van der Waals surface area (Å²) in [5, 5.41) is 3.52. The predicted octanol–water partition coefficient (Wildman–Crippen LogP) is 2.69. The minimum atomic E-state index is 0.566. The average molecular weight is 214 g/mol. The highest BCUT2D eigenvalue weighted by Crippen LogP contribution is 2.07.